The monoisotopic (exact) mass is 503 g/mol. The summed E-state index contributed by atoms with van der Waals surface area (Å²) < 4.78 is 1.49. The Hall–Kier alpha value is -3.65. The fraction of sp³-hybridized carbons (Fsp3) is 0.214. The number of nitrogens with zero attached hydrogens (tertiary/aromatic N) is 2. The SMILES string of the molecule is C[C@@H](/C=C/CCO)[C@]1(O)C(=O)N(Cc2ccc(-n3[nH]c4ccccc4c3=O)cc2)c2ccc(Cl)cc21. The summed E-state index contributed by atoms with van der Waals surface area (Å²) in [4.78, 5) is 27.9. The molecule has 0 fully saturated rings. The van der Waals surface area contributed by atoms with Gasteiger partial charge in [-0.15, -0.1) is 0 Å². The van der Waals surface area contributed by atoms with Crippen molar-refractivity contribution in [1.82, 2.24) is 9.78 Å². The number of aliphatic hydroxyl groups is 2. The van der Waals surface area contributed by atoms with Crippen molar-refractivity contribution in [2.24, 2.45) is 5.92 Å². The zero-order chi connectivity index (χ0) is 25.4. The average molecular weight is 504 g/mol. The summed E-state index contributed by atoms with van der Waals surface area (Å²) in [5.41, 5.74) is 1.43. The van der Waals surface area contributed by atoms with E-state index in [9.17, 15) is 14.7 Å². The summed E-state index contributed by atoms with van der Waals surface area (Å²) in [7, 11) is 0. The van der Waals surface area contributed by atoms with Crippen molar-refractivity contribution < 1.29 is 15.0 Å². The highest BCUT2D eigenvalue weighted by Crippen LogP contribution is 2.46. The predicted octanol–water partition coefficient (Wildman–Crippen LogP) is 4.28. The Morgan fingerprint density at radius 2 is 1.83 bits per heavy atom. The van der Waals surface area contributed by atoms with Crippen molar-refractivity contribution in [3.05, 3.63) is 105 Å². The van der Waals surface area contributed by atoms with Crippen LogP contribution in [-0.4, -0.2) is 32.5 Å². The number of anilines is 1. The van der Waals surface area contributed by atoms with Gasteiger partial charge < -0.3 is 15.1 Å². The lowest BCUT2D eigenvalue weighted by Gasteiger charge is -2.27. The molecule has 0 radical (unpaired) electrons. The molecule has 0 aliphatic carbocycles. The second kappa shape index (κ2) is 9.43. The van der Waals surface area contributed by atoms with Crippen LogP contribution in [0.2, 0.25) is 5.02 Å². The number of aromatic amines is 1. The molecule has 184 valence electrons. The molecule has 2 atom stereocenters. The second-order valence-electron chi connectivity index (χ2n) is 9.01. The first-order valence-electron chi connectivity index (χ1n) is 11.8. The molecule has 4 aromatic rings. The number of halogens is 1. The largest absolute Gasteiger partial charge is 0.396 e. The molecular weight excluding hydrogens is 478 g/mol. The van der Waals surface area contributed by atoms with Gasteiger partial charge in [0.15, 0.2) is 5.60 Å². The molecule has 5 rings (SSSR count). The van der Waals surface area contributed by atoms with Gasteiger partial charge >= 0.3 is 0 Å². The Bertz CT molecular complexity index is 1520. The van der Waals surface area contributed by atoms with Gasteiger partial charge in [0.25, 0.3) is 11.5 Å². The smallest absolute Gasteiger partial charge is 0.279 e. The molecule has 1 aliphatic heterocycles. The first-order valence-corrected chi connectivity index (χ1v) is 12.1. The van der Waals surface area contributed by atoms with E-state index in [0.717, 1.165) is 11.1 Å². The summed E-state index contributed by atoms with van der Waals surface area (Å²) in [6, 6.07) is 19.8. The zero-order valence-corrected chi connectivity index (χ0v) is 20.4. The molecule has 1 amide bonds. The van der Waals surface area contributed by atoms with Gasteiger partial charge in [-0.1, -0.05) is 54.9 Å². The van der Waals surface area contributed by atoms with E-state index in [1.54, 1.807) is 48.2 Å². The molecule has 2 heterocycles. The van der Waals surface area contributed by atoms with E-state index in [1.807, 2.05) is 42.5 Å². The number of H-pyrrole nitrogens is 1. The Morgan fingerprint density at radius 3 is 2.56 bits per heavy atom. The molecule has 1 aromatic heterocycles. The number of fused-ring (bicyclic) bond motifs is 2. The van der Waals surface area contributed by atoms with Gasteiger partial charge in [-0.2, -0.15) is 0 Å². The molecule has 0 saturated carbocycles. The number of carbonyl (C=O) groups excluding carboxylic acids is 1. The topological polar surface area (TPSA) is 98.6 Å². The minimum Gasteiger partial charge on any atom is -0.396 e. The highest BCUT2D eigenvalue weighted by molar-refractivity contribution is 6.31. The molecule has 0 unspecified atom stereocenters. The summed E-state index contributed by atoms with van der Waals surface area (Å²) >= 11 is 6.23. The summed E-state index contributed by atoms with van der Waals surface area (Å²) in [6.07, 6.45) is 3.94. The summed E-state index contributed by atoms with van der Waals surface area (Å²) in [5.74, 6) is -0.966. The third kappa shape index (κ3) is 3.95. The second-order valence-corrected chi connectivity index (χ2v) is 9.45. The number of hydrogen-bond donors (Lipinski definition) is 3. The maximum atomic E-state index is 13.6. The molecule has 1 aliphatic rings. The van der Waals surface area contributed by atoms with Gasteiger partial charge in [-0.3, -0.25) is 14.7 Å². The number of aliphatic hydroxyl groups excluding tert-OH is 1. The minimum absolute atomic E-state index is 0.00916. The molecule has 36 heavy (non-hydrogen) atoms. The Morgan fingerprint density at radius 1 is 1.08 bits per heavy atom. The van der Waals surface area contributed by atoms with Crippen molar-refractivity contribution >= 4 is 34.1 Å². The highest BCUT2D eigenvalue weighted by atomic mass is 35.5. The van der Waals surface area contributed by atoms with Crippen LogP contribution in [0.15, 0.2) is 83.7 Å². The fourth-order valence-electron chi connectivity index (χ4n) is 4.76. The molecule has 0 saturated heterocycles. The third-order valence-corrected chi connectivity index (χ3v) is 6.97. The standard InChI is InChI=1S/C28H26ClN3O4/c1-18(6-4-5-15-33)28(36)23-16-20(29)11-14-25(23)31(27(28)35)17-19-9-12-21(13-10-19)32-26(34)22-7-2-3-8-24(22)30-32/h2-4,6-14,16,18,30,33,36H,5,15,17H2,1H3/b6-4+/t18-,28+/m0/s1. The van der Waals surface area contributed by atoms with Crippen molar-refractivity contribution in [3.63, 3.8) is 0 Å². The molecule has 0 bridgehead atoms. The third-order valence-electron chi connectivity index (χ3n) is 6.74. The number of amides is 1. The first kappa shape index (κ1) is 24.1. The zero-order valence-electron chi connectivity index (χ0n) is 19.7. The lowest BCUT2D eigenvalue weighted by atomic mass is 9.83. The van der Waals surface area contributed by atoms with Crippen molar-refractivity contribution in [1.29, 1.82) is 0 Å². The van der Waals surface area contributed by atoms with E-state index in [1.165, 1.54) is 4.68 Å². The number of benzene rings is 3. The van der Waals surface area contributed by atoms with E-state index >= 15 is 0 Å². The lowest BCUT2D eigenvalue weighted by molar-refractivity contribution is -0.139. The average Bonchev–Trinajstić information content (AvgIpc) is 3.33. The molecule has 8 heteroatoms. The maximum Gasteiger partial charge on any atom is 0.279 e. The van der Waals surface area contributed by atoms with E-state index < -0.39 is 17.4 Å². The normalized spacial score (nSPS) is 18.3. The molecule has 7 nitrogen and oxygen atoms in total. The van der Waals surface area contributed by atoms with Crippen LogP contribution in [0.1, 0.15) is 24.5 Å². The maximum absolute atomic E-state index is 13.6. The van der Waals surface area contributed by atoms with Crippen molar-refractivity contribution in [2.45, 2.75) is 25.5 Å². The van der Waals surface area contributed by atoms with Gasteiger partial charge in [0.1, 0.15) is 0 Å². The van der Waals surface area contributed by atoms with Crippen LogP contribution in [0.5, 0.6) is 0 Å². The van der Waals surface area contributed by atoms with Gasteiger partial charge in [-0.25, -0.2) is 4.68 Å². The Balaban J connectivity index is 1.45. The van der Waals surface area contributed by atoms with E-state index in [0.29, 0.717) is 33.8 Å². The Kier molecular flexibility index (Phi) is 6.30. The number of rotatable bonds is 7. The van der Waals surface area contributed by atoms with Crippen molar-refractivity contribution in [3.8, 4) is 5.69 Å². The van der Waals surface area contributed by atoms with Crippen LogP contribution < -0.4 is 10.5 Å². The highest BCUT2D eigenvalue weighted by Gasteiger charge is 2.52. The van der Waals surface area contributed by atoms with E-state index in [2.05, 4.69) is 5.10 Å². The summed E-state index contributed by atoms with van der Waals surface area (Å²) in [5, 5.41) is 24.9. The number of aromatic nitrogens is 2. The van der Waals surface area contributed by atoms with Gasteiger partial charge in [0.2, 0.25) is 0 Å². The van der Waals surface area contributed by atoms with E-state index in [4.69, 9.17) is 16.7 Å². The van der Waals surface area contributed by atoms with Crippen LogP contribution >= 0.6 is 11.6 Å². The van der Waals surface area contributed by atoms with Crippen LogP contribution in [-0.2, 0) is 16.9 Å². The number of para-hydroxylation sites is 1. The van der Waals surface area contributed by atoms with Crippen LogP contribution in [0.25, 0.3) is 16.6 Å². The minimum atomic E-state index is -1.77. The van der Waals surface area contributed by atoms with Gasteiger partial charge in [0.05, 0.1) is 28.8 Å². The van der Waals surface area contributed by atoms with Crippen molar-refractivity contribution in [2.75, 3.05) is 11.5 Å². The molecule has 3 aromatic carbocycles. The van der Waals surface area contributed by atoms with Gasteiger partial charge in [0, 0.05) is 23.1 Å². The predicted molar refractivity (Wildman–Crippen MR) is 140 cm³/mol. The van der Waals surface area contributed by atoms with E-state index in [-0.39, 0.29) is 18.7 Å². The van der Waals surface area contributed by atoms with Crippen LogP contribution in [0, 0.1) is 5.92 Å². The lowest BCUT2D eigenvalue weighted by Crippen LogP contribution is -2.44. The fourth-order valence-corrected chi connectivity index (χ4v) is 4.94. The summed E-state index contributed by atoms with van der Waals surface area (Å²) in [6.45, 7) is 2.00. The number of carbonyl (C=O) groups is 1. The quantitative estimate of drug-likeness (QED) is 0.328. The molecule has 3 N–H and O–H groups in total. The number of nitrogens with one attached hydrogen (secondary N) is 1. The molecule has 0 spiro atoms. The number of hydrogen-bond acceptors (Lipinski definition) is 4. The van der Waals surface area contributed by atoms with Gasteiger partial charge in [-0.05, 0) is 54.4 Å². The first-order chi connectivity index (χ1) is 17.3. The van der Waals surface area contributed by atoms with Crippen LogP contribution in [0.4, 0.5) is 5.69 Å². The van der Waals surface area contributed by atoms with Crippen LogP contribution in [0.3, 0.4) is 0 Å². The Labute approximate surface area is 212 Å². The molecular formula is C28H26ClN3O4.